The molecule has 3 nitrogen and oxygen atoms in total. The van der Waals surface area contributed by atoms with E-state index in [4.69, 9.17) is 5.73 Å². The Hall–Kier alpha value is -0.570. The molecule has 16 heavy (non-hydrogen) atoms. The van der Waals surface area contributed by atoms with Crippen molar-refractivity contribution >= 4 is 5.91 Å². The number of carbonyl (C=O) groups is 1. The second kappa shape index (κ2) is 7.66. The molecule has 0 radical (unpaired) electrons. The summed E-state index contributed by atoms with van der Waals surface area (Å²) in [5.41, 5.74) is 5.40. The fourth-order valence-electron chi connectivity index (χ4n) is 2.47. The van der Waals surface area contributed by atoms with Crippen LogP contribution in [0.5, 0.6) is 0 Å². The molecule has 1 aliphatic carbocycles. The molecule has 1 aliphatic rings. The summed E-state index contributed by atoms with van der Waals surface area (Å²) >= 11 is 0. The molecule has 1 rings (SSSR count). The van der Waals surface area contributed by atoms with Gasteiger partial charge < -0.3 is 11.1 Å². The number of hydrogen-bond donors (Lipinski definition) is 2. The van der Waals surface area contributed by atoms with Crippen LogP contribution in [0.25, 0.3) is 0 Å². The smallest absolute Gasteiger partial charge is 0.220 e. The van der Waals surface area contributed by atoms with E-state index in [1.165, 1.54) is 19.3 Å². The number of carbonyl (C=O) groups excluding carboxylic acids is 1. The van der Waals surface area contributed by atoms with Crippen molar-refractivity contribution in [1.82, 2.24) is 5.32 Å². The molecule has 1 fully saturated rings. The first-order valence-corrected chi connectivity index (χ1v) is 6.70. The van der Waals surface area contributed by atoms with E-state index < -0.39 is 0 Å². The molecule has 2 unspecified atom stereocenters. The molecule has 1 amide bonds. The van der Waals surface area contributed by atoms with Crippen LogP contribution >= 0.6 is 0 Å². The van der Waals surface area contributed by atoms with Gasteiger partial charge in [0, 0.05) is 13.0 Å². The zero-order chi connectivity index (χ0) is 11.8. The van der Waals surface area contributed by atoms with Crippen molar-refractivity contribution in [2.24, 2.45) is 17.6 Å². The van der Waals surface area contributed by atoms with Crippen LogP contribution in [0, 0.1) is 11.8 Å². The largest absolute Gasteiger partial charge is 0.356 e. The molecule has 94 valence electrons. The first kappa shape index (κ1) is 13.5. The lowest BCUT2D eigenvalue weighted by molar-refractivity contribution is -0.121. The highest BCUT2D eigenvalue weighted by Crippen LogP contribution is 2.30. The van der Waals surface area contributed by atoms with Crippen molar-refractivity contribution in [3.8, 4) is 0 Å². The van der Waals surface area contributed by atoms with Crippen LogP contribution in [-0.4, -0.2) is 19.0 Å². The minimum absolute atomic E-state index is 0.219. The number of nitrogens with two attached hydrogens (primary N) is 1. The third-order valence-corrected chi connectivity index (χ3v) is 3.71. The first-order chi connectivity index (χ1) is 7.74. The third kappa shape index (κ3) is 4.97. The quantitative estimate of drug-likeness (QED) is 0.653. The van der Waals surface area contributed by atoms with Crippen molar-refractivity contribution in [3.05, 3.63) is 0 Å². The topological polar surface area (TPSA) is 55.1 Å². The average molecular weight is 226 g/mol. The van der Waals surface area contributed by atoms with Gasteiger partial charge in [0.15, 0.2) is 0 Å². The SMILES string of the molecule is CC1CCCC1CNC(=O)CCCCCN. The van der Waals surface area contributed by atoms with E-state index in [1.54, 1.807) is 0 Å². The molecule has 0 saturated heterocycles. The van der Waals surface area contributed by atoms with Crippen LogP contribution in [0.15, 0.2) is 0 Å². The Morgan fingerprint density at radius 1 is 1.31 bits per heavy atom. The van der Waals surface area contributed by atoms with Crippen LogP contribution in [0.1, 0.15) is 51.9 Å². The number of unbranched alkanes of at least 4 members (excludes halogenated alkanes) is 2. The summed E-state index contributed by atoms with van der Waals surface area (Å²) < 4.78 is 0. The third-order valence-electron chi connectivity index (χ3n) is 3.71. The number of amides is 1. The van der Waals surface area contributed by atoms with Crippen molar-refractivity contribution in [2.45, 2.75) is 51.9 Å². The summed E-state index contributed by atoms with van der Waals surface area (Å²) in [7, 11) is 0. The summed E-state index contributed by atoms with van der Waals surface area (Å²) in [5, 5.41) is 3.06. The van der Waals surface area contributed by atoms with E-state index in [0.29, 0.717) is 12.3 Å². The van der Waals surface area contributed by atoms with Crippen LogP contribution < -0.4 is 11.1 Å². The first-order valence-electron chi connectivity index (χ1n) is 6.70. The van der Waals surface area contributed by atoms with E-state index in [2.05, 4.69) is 12.2 Å². The average Bonchev–Trinajstić information content (AvgIpc) is 2.67. The van der Waals surface area contributed by atoms with Crippen LogP contribution in [0.4, 0.5) is 0 Å². The highest BCUT2D eigenvalue weighted by Gasteiger charge is 2.23. The summed E-state index contributed by atoms with van der Waals surface area (Å²) in [6, 6.07) is 0. The Morgan fingerprint density at radius 2 is 2.12 bits per heavy atom. The summed E-state index contributed by atoms with van der Waals surface area (Å²) in [6.07, 6.45) is 7.70. The van der Waals surface area contributed by atoms with Crippen LogP contribution in [0.2, 0.25) is 0 Å². The van der Waals surface area contributed by atoms with Crippen molar-refractivity contribution in [1.29, 1.82) is 0 Å². The van der Waals surface area contributed by atoms with Gasteiger partial charge in [0.25, 0.3) is 0 Å². The molecule has 0 spiro atoms. The van der Waals surface area contributed by atoms with Gasteiger partial charge in [-0.1, -0.05) is 26.2 Å². The zero-order valence-corrected chi connectivity index (χ0v) is 10.5. The van der Waals surface area contributed by atoms with Gasteiger partial charge in [0.1, 0.15) is 0 Å². The van der Waals surface area contributed by atoms with Gasteiger partial charge in [-0.25, -0.2) is 0 Å². The van der Waals surface area contributed by atoms with E-state index in [1.807, 2.05) is 0 Å². The lowest BCUT2D eigenvalue weighted by atomic mass is 9.98. The predicted molar refractivity (Wildman–Crippen MR) is 67.0 cm³/mol. The normalized spacial score (nSPS) is 24.6. The van der Waals surface area contributed by atoms with E-state index in [9.17, 15) is 4.79 Å². The maximum absolute atomic E-state index is 11.5. The minimum Gasteiger partial charge on any atom is -0.356 e. The van der Waals surface area contributed by atoms with E-state index in [-0.39, 0.29) is 5.91 Å². The lowest BCUT2D eigenvalue weighted by Crippen LogP contribution is -2.30. The zero-order valence-electron chi connectivity index (χ0n) is 10.5. The molecular formula is C13H26N2O. The van der Waals surface area contributed by atoms with Crippen LogP contribution in [-0.2, 0) is 4.79 Å². The van der Waals surface area contributed by atoms with E-state index in [0.717, 1.165) is 38.3 Å². The lowest BCUT2D eigenvalue weighted by Gasteiger charge is -2.15. The fourth-order valence-corrected chi connectivity index (χ4v) is 2.47. The van der Waals surface area contributed by atoms with Gasteiger partial charge in [-0.05, 0) is 37.6 Å². The Morgan fingerprint density at radius 3 is 2.75 bits per heavy atom. The maximum atomic E-state index is 11.5. The van der Waals surface area contributed by atoms with Crippen LogP contribution in [0.3, 0.4) is 0 Å². The molecule has 0 aromatic heterocycles. The van der Waals surface area contributed by atoms with Gasteiger partial charge in [-0.15, -0.1) is 0 Å². The maximum Gasteiger partial charge on any atom is 0.220 e. The standard InChI is InChI=1S/C13H26N2O/c1-11-6-5-7-12(11)10-15-13(16)8-3-2-4-9-14/h11-12H,2-10,14H2,1H3,(H,15,16). The molecule has 0 heterocycles. The minimum atomic E-state index is 0.219. The molecule has 0 aliphatic heterocycles. The van der Waals surface area contributed by atoms with Crippen molar-refractivity contribution in [2.75, 3.05) is 13.1 Å². The fraction of sp³-hybridized carbons (Fsp3) is 0.923. The molecule has 0 bridgehead atoms. The second-order valence-corrected chi connectivity index (χ2v) is 5.07. The molecule has 3 N–H and O–H groups in total. The molecule has 0 aromatic rings. The Bertz CT molecular complexity index is 206. The summed E-state index contributed by atoms with van der Waals surface area (Å²) in [4.78, 5) is 11.5. The van der Waals surface area contributed by atoms with Crippen molar-refractivity contribution < 1.29 is 4.79 Å². The van der Waals surface area contributed by atoms with Gasteiger partial charge in [0.05, 0.1) is 0 Å². The molecule has 1 saturated carbocycles. The number of rotatable bonds is 7. The van der Waals surface area contributed by atoms with E-state index >= 15 is 0 Å². The highest BCUT2D eigenvalue weighted by molar-refractivity contribution is 5.75. The molecule has 0 aromatic carbocycles. The molecular weight excluding hydrogens is 200 g/mol. The van der Waals surface area contributed by atoms with Crippen molar-refractivity contribution in [3.63, 3.8) is 0 Å². The summed E-state index contributed by atoms with van der Waals surface area (Å²) in [5.74, 6) is 1.72. The van der Waals surface area contributed by atoms with Gasteiger partial charge in [-0.2, -0.15) is 0 Å². The van der Waals surface area contributed by atoms with Gasteiger partial charge in [-0.3, -0.25) is 4.79 Å². The van der Waals surface area contributed by atoms with Gasteiger partial charge >= 0.3 is 0 Å². The highest BCUT2D eigenvalue weighted by atomic mass is 16.1. The summed E-state index contributed by atoms with van der Waals surface area (Å²) in [6.45, 7) is 3.92. The Kier molecular flexibility index (Phi) is 6.46. The molecule has 2 atom stereocenters. The second-order valence-electron chi connectivity index (χ2n) is 5.07. The predicted octanol–water partition coefficient (Wildman–Crippen LogP) is 2.06. The van der Waals surface area contributed by atoms with Gasteiger partial charge in [0.2, 0.25) is 5.91 Å². The Balaban J connectivity index is 2.01. The monoisotopic (exact) mass is 226 g/mol. The molecule has 3 heteroatoms. The Labute approximate surface area is 99.2 Å². The number of nitrogens with one attached hydrogen (secondary N) is 1. The number of hydrogen-bond acceptors (Lipinski definition) is 2.